The molecule has 0 bridgehead atoms. The molecule has 3 rings (SSSR count). The van der Waals surface area contributed by atoms with E-state index in [0.29, 0.717) is 0 Å². The summed E-state index contributed by atoms with van der Waals surface area (Å²) in [5.74, 6) is 0. The number of fused-ring (bicyclic) bond motifs is 1. The zero-order chi connectivity index (χ0) is 11.8. The molecular weight excluding hydrogens is 210 g/mol. The molecule has 90 valence electrons. The first-order chi connectivity index (χ1) is 8.25. The number of nitrogens with one attached hydrogen (secondary N) is 1. The summed E-state index contributed by atoms with van der Waals surface area (Å²) in [6.45, 7) is 6.55. The fraction of sp³-hybridized carbons (Fsp3) is 0.429. The van der Waals surface area contributed by atoms with Gasteiger partial charge in [-0.25, -0.2) is 0 Å². The van der Waals surface area contributed by atoms with Crippen LogP contribution in [0.4, 0.5) is 5.69 Å². The molecule has 2 aromatic rings. The summed E-state index contributed by atoms with van der Waals surface area (Å²) in [7, 11) is 2.13. The monoisotopic (exact) mass is 229 g/mol. The first-order valence-electron chi connectivity index (χ1n) is 6.27. The quantitative estimate of drug-likeness (QED) is 0.806. The topological polar surface area (TPSA) is 20.2 Å². The van der Waals surface area contributed by atoms with Crippen molar-refractivity contribution >= 4 is 16.6 Å². The van der Waals surface area contributed by atoms with Gasteiger partial charge < -0.3 is 14.8 Å². The van der Waals surface area contributed by atoms with Crippen molar-refractivity contribution in [1.29, 1.82) is 0 Å². The molecule has 17 heavy (non-hydrogen) atoms. The van der Waals surface area contributed by atoms with Crippen LogP contribution in [-0.2, 0) is 7.05 Å². The van der Waals surface area contributed by atoms with E-state index >= 15 is 0 Å². The van der Waals surface area contributed by atoms with Crippen LogP contribution in [0.1, 0.15) is 5.69 Å². The summed E-state index contributed by atoms with van der Waals surface area (Å²) < 4.78 is 2.25. The van der Waals surface area contributed by atoms with Gasteiger partial charge in [0.05, 0.1) is 0 Å². The lowest BCUT2D eigenvalue weighted by atomic mass is 10.2. The van der Waals surface area contributed by atoms with E-state index in [1.165, 1.54) is 22.3 Å². The number of piperazine rings is 1. The van der Waals surface area contributed by atoms with Crippen LogP contribution in [0.2, 0.25) is 0 Å². The van der Waals surface area contributed by atoms with Crippen LogP contribution < -0.4 is 10.2 Å². The van der Waals surface area contributed by atoms with E-state index in [2.05, 4.69) is 53.0 Å². The summed E-state index contributed by atoms with van der Waals surface area (Å²) in [5.41, 5.74) is 3.99. The number of aromatic nitrogens is 1. The summed E-state index contributed by atoms with van der Waals surface area (Å²) in [6, 6.07) is 9.06. The molecule has 3 heteroatoms. The SMILES string of the molecule is Cc1cc2cc(N3CCNCC3)ccc2n1C. The van der Waals surface area contributed by atoms with Crippen LogP contribution in [0.5, 0.6) is 0 Å². The molecule has 0 atom stereocenters. The largest absolute Gasteiger partial charge is 0.369 e. The molecule has 1 aromatic heterocycles. The summed E-state index contributed by atoms with van der Waals surface area (Å²) in [4.78, 5) is 2.46. The Hall–Kier alpha value is -1.48. The highest BCUT2D eigenvalue weighted by Gasteiger charge is 2.11. The van der Waals surface area contributed by atoms with E-state index < -0.39 is 0 Å². The molecule has 0 radical (unpaired) electrons. The van der Waals surface area contributed by atoms with Crippen molar-refractivity contribution < 1.29 is 0 Å². The minimum atomic E-state index is 1.09. The first kappa shape index (κ1) is 10.7. The molecule has 0 saturated carbocycles. The van der Waals surface area contributed by atoms with Crippen molar-refractivity contribution in [2.45, 2.75) is 6.92 Å². The van der Waals surface area contributed by atoms with E-state index in [1.54, 1.807) is 0 Å². The molecule has 1 fully saturated rings. The molecule has 0 aliphatic carbocycles. The Bertz CT molecular complexity index is 536. The molecular formula is C14H19N3. The third-order valence-corrected chi connectivity index (χ3v) is 3.75. The lowest BCUT2D eigenvalue weighted by Crippen LogP contribution is -2.43. The fourth-order valence-electron chi connectivity index (χ4n) is 2.59. The maximum atomic E-state index is 3.39. The van der Waals surface area contributed by atoms with E-state index in [4.69, 9.17) is 0 Å². The second-order valence-corrected chi connectivity index (χ2v) is 4.82. The third kappa shape index (κ3) is 1.80. The van der Waals surface area contributed by atoms with Crippen LogP contribution in [0.25, 0.3) is 10.9 Å². The Labute approximate surface area is 102 Å². The molecule has 3 nitrogen and oxygen atoms in total. The van der Waals surface area contributed by atoms with E-state index in [1.807, 2.05) is 0 Å². The van der Waals surface area contributed by atoms with Crippen molar-refractivity contribution in [2.24, 2.45) is 7.05 Å². The minimum absolute atomic E-state index is 1.09. The van der Waals surface area contributed by atoms with Gasteiger partial charge in [0.15, 0.2) is 0 Å². The minimum Gasteiger partial charge on any atom is -0.369 e. The predicted molar refractivity (Wildman–Crippen MR) is 72.7 cm³/mol. The standard InChI is InChI=1S/C14H19N3/c1-11-9-12-10-13(3-4-14(12)16(11)2)17-7-5-15-6-8-17/h3-4,9-10,15H,5-8H2,1-2H3. The van der Waals surface area contributed by atoms with Crippen molar-refractivity contribution in [3.8, 4) is 0 Å². The third-order valence-electron chi connectivity index (χ3n) is 3.75. The molecule has 0 spiro atoms. The van der Waals surface area contributed by atoms with Gasteiger partial charge in [0.2, 0.25) is 0 Å². The summed E-state index contributed by atoms with van der Waals surface area (Å²) in [6.07, 6.45) is 0. The Balaban J connectivity index is 2.01. The van der Waals surface area contributed by atoms with Gasteiger partial charge in [-0.15, -0.1) is 0 Å². The highest BCUT2D eigenvalue weighted by Crippen LogP contribution is 2.24. The maximum absolute atomic E-state index is 3.39. The number of hydrogen-bond donors (Lipinski definition) is 1. The number of nitrogens with zero attached hydrogens (tertiary/aromatic N) is 2. The number of rotatable bonds is 1. The Kier molecular flexibility index (Phi) is 2.56. The Morgan fingerprint density at radius 2 is 1.88 bits per heavy atom. The highest BCUT2D eigenvalue weighted by atomic mass is 15.2. The van der Waals surface area contributed by atoms with Crippen molar-refractivity contribution in [2.75, 3.05) is 31.1 Å². The molecule has 1 aliphatic heterocycles. The average Bonchev–Trinajstić information content (AvgIpc) is 2.66. The number of benzene rings is 1. The van der Waals surface area contributed by atoms with Crippen LogP contribution in [-0.4, -0.2) is 30.7 Å². The highest BCUT2D eigenvalue weighted by molar-refractivity contribution is 5.85. The van der Waals surface area contributed by atoms with Crippen molar-refractivity contribution in [3.05, 3.63) is 30.0 Å². The molecule has 1 aliphatic rings. The van der Waals surface area contributed by atoms with Gasteiger partial charge in [0.25, 0.3) is 0 Å². The van der Waals surface area contributed by atoms with E-state index in [-0.39, 0.29) is 0 Å². The van der Waals surface area contributed by atoms with Crippen molar-refractivity contribution in [1.82, 2.24) is 9.88 Å². The summed E-state index contributed by atoms with van der Waals surface area (Å²) >= 11 is 0. The Morgan fingerprint density at radius 1 is 1.12 bits per heavy atom. The average molecular weight is 229 g/mol. The molecule has 1 aromatic carbocycles. The lowest BCUT2D eigenvalue weighted by molar-refractivity contribution is 0.589. The molecule has 1 N–H and O–H groups in total. The first-order valence-corrected chi connectivity index (χ1v) is 6.27. The second-order valence-electron chi connectivity index (χ2n) is 4.82. The lowest BCUT2D eigenvalue weighted by Gasteiger charge is -2.29. The molecule has 0 amide bonds. The van der Waals surface area contributed by atoms with Gasteiger partial charge >= 0.3 is 0 Å². The number of hydrogen-bond acceptors (Lipinski definition) is 2. The van der Waals surface area contributed by atoms with Crippen molar-refractivity contribution in [3.63, 3.8) is 0 Å². The van der Waals surface area contributed by atoms with E-state index in [0.717, 1.165) is 26.2 Å². The zero-order valence-corrected chi connectivity index (χ0v) is 10.5. The molecule has 2 heterocycles. The van der Waals surface area contributed by atoms with Gasteiger partial charge in [-0.05, 0) is 31.2 Å². The second kappa shape index (κ2) is 4.08. The fourth-order valence-corrected chi connectivity index (χ4v) is 2.59. The van der Waals surface area contributed by atoms with Crippen LogP contribution in [0.15, 0.2) is 24.3 Å². The van der Waals surface area contributed by atoms with Gasteiger partial charge in [-0.2, -0.15) is 0 Å². The number of aryl methyl sites for hydroxylation is 2. The van der Waals surface area contributed by atoms with Crippen LogP contribution in [0, 0.1) is 6.92 Å². The predicted octanol–water partition coefficient (Wildman–Crippen LogP) is 1.90. The van der Waals surface area contributed by atoms with Crippen LogP contribution in [0.3, 0.4) is 0 Å². The van der Waals surface area contributed by atoms with Gasteiger partial charge in [-0.3, -0.25) is 0 Å². The normalized spacial score (nSPS) is 16.7. The maximum Gasteiger partial charge on any atom is 0.0481 e. The van der Waals surface area contributed by atoms with Crippen LogP contribution >= 0.6 is 0 Å². The number of anilines is 1. The smallest absolute Gasteiger partial charge is 0.0481 e. The van der Waals surface area contributed by atoms with Gasteiger partial charge in [0.1, 0.15) is 0 Å². The summed E-state index contributed by atoms with van der Waals surface area (Å²) in [5, 5.41) is 4.74. The van der Waals surface area contributed by atoms with E-state index in [9.17, 15) is 0 Å². The van der Waals surface area contributed by atoms with Gasteiger partial charge in [0, 0.05) is 55.5 Å². The van der Waals surface area contributed by atoms with Gasteiger partial charge in [-0.1, -0.05) is 0 Å². The zero-order valence-electron chi connectivity index (χ0n) is 10.5. The molecule has 1 saturated heterocycles. The Morgan fingerprint density at radius 3 is 2.65 bits per heavy atom. The molecule has 0 unspecified atom stereocenters.